The van der Waals surface area contributed by atoms with Crippen LogP contribution in [0.15, 0.2) is 42.5 Å². The summed E-state index contributed by atoms with van der Waals surface area (Å²) in [5, 5.41) is 2.82. The van der Waals surface area contributed by atoms with Gasteiger partial charge in [-0.25, -0.2) is 0 Å². The van der Waals surface area contributed by atoms with E-state index < -0.39 is 0 Å². The maximum Gasteiger partial charge on any atom is 0.261 e. The number of nitrogens with zero attached hydrogens (tertiary/aromatic N) is 1. The van der Waals surface area contributed by atoms with Gasteiger partial charge >= 0.3 is 0 Å². The molecule has 6 heteroatoms. The Kier molecular flexibility index (Phi) is 4.52. The van der Waals surface area contributed by atoms with Crippen LogP contribution in [0, 0.1) is 0 Å². The molecular weight excluding hydrogens is 320 g/mol. The third kappa shape index (κ3) is 3.10. The zero-order valence-electron chi connectivity index (χ0n) is 14.0. The molecule has 0 unspecified atom stereocenters. The van der Waals surface area contributed by atoms with Crippen molar-refractivity contribution in [1.29, 1.82) is 0 Å². The standard InChI is InChI=1S/C19H18N2O4/c1-21-18(23)14-8-7-13(11-15(14)19(21)24)17(22)20-10-9-12-5-3-4-6-16(12)25-2/h3-8,11H,9-10H2,1-2H3,(H,20,22). The van der Waals surface area contributed by atoms with Gasteiger partial charge in [0.2, 0.25) is 0 Å². The highest BCUT2D eigenvalue weighted by molar-refractivity contribution is 6.21. The van der Waals surface area contributed by atoms with Crippen molar-refractivity contribution in [2.45, 2.75) is 6.42 Å². The Bertz CT molecular complexity index is 860. The van der Waals surface area contributed by atoms with Crippen molar-refractivity contribution in [3.8, 4) is 5.75 Å². The highest BCUT2D eigenvalue weighted by Crippen LogP contribution is 2.22. The van der Waals surface area contributed by atoms with Crippen LogP contribution in [-0.4, -0.2) is 43.3 Å². The molecule has 0 aromatic heterocycles. The lowest BCUT2D eigenvalue weighted by molar-refractivity contribution is 0.0693. The van der Waals surface area contributed by atoms with E-state index in [1.165, 1.54) is 19.2 Å². The van der Waals surface area contributed by atoms with Gasteiger partial charge in [-0.2, -0.15) is 0 Å². The summed E-state index contributed by atoms with van der Waals surface area (Å²) in [6, 6.07) is 12.2. The lowest BCUT2D eigenvalue weighted by atomic mass is 10.1. The molecular formula is C19H18N2O4. The van der Waals surface area contributed by atoms with Gasteiger partial charge in [0.1, 0.15) is 5.75 Å². The summed E-state index contributed by atoms with van der Waals surface area (Å²) >= 11 is 0. The highest BCUT2D eigenvalue weighted by Gasteiger charge is 2.33. The lowest BCUT2D eigenvalue weighted by Gasteiger charge is -2.09. The Labute approximate surface area is 145 Å². The molecule has 128 valence electrons. The average molecular weight is 338 g/mol. The maximum atomic E-state index is 12.3. The fourth-order valence-electron chi connectivity index (χ4n) is 2.82. The molecule has 2 aromatic carbocycles. The van der Waals surface area contributed by atoms with Gasteiger partial charge in [-0.15, -0.1) is 0 Å². The van der Waals surface area contributed by atoms with E-state index in [0.717, 1.165) is 16.2 Å². The highest BCUT2D eigenvalue weighted by atomic mass is 16.5. The summed E-state index contributed by atoms with van der Waals surface area (Å²) in [6.07, 6.45) is 0.626. The molecule has 0 radical (unpaired) electrons. The summed E-state index contributed by atoms with van der Waals surface area (Å²) in [6.45, 7) is 0.434. The molecule has 6 nitrogen and oxygen atoms in total. The minimum atomic E-state index is -0.385. The van der Waals surface area contributed by atoms with Gasteiger partial charge in [-0.05, 0) is 36.2 Å². The topological polar surface area (TPSA) is 75.7 Å². The first-order valence-corrected chi connectivity index (χ1v) is 7.89. The van der Waals surface area contributed by atoms with Crippen LogP contribution >= 0.6 is 0 Å². The normalized spacial score (nSPS) is 13.0. The van der Waals surface area contributed by atoms with E-state index >= 15 is 0 Å². The minimum absolute atomic E-state index is 0.268. The van der Waals surface area contributed by atoms with Crippen LogP contribution < -0.4 is 10.1 Å². The second kappa shape index (κ2) is 6.76. The number of benzene rings is 2. The lowest BCUT2D eigenvalue weighted by Crippen LogP contribution is -2.26. The third-order valence-corrected chi connectivity index (χ3v) is 4.22. The Balaban J connectivity index is 1.67. The molecule has 0 saturated heterocycles. The van der Waals surface area contributed by atoms with Crippen molar-refractivity contribution in [2.75, 3.05) is 20.7 Å². The molecule has 2 aromatic rings. The van der Waals surface area contributed by atoms with Crippen LogP contribution in [0.5, 0.6) is 5.75 Å². The number of para-hydroxylation sites is 1. The average Bonchev–Trinajstić information content (AvgIpc) is 2.86. The molecule has 1 N–H and O–H groups in total. The van der Waals surface area contributed by atoms with Crippen LogP contribution in [0.4, 0.5) is 0 Å². The molecule has 3 rings (SSSR count). The van der Waals surface area contributed by atoms with Crippen molar-refractivity contribution < 1.29 is 19.1 Å². The van der Waals surface area contributed by atoms with E-state index in [1.807, 2.05) is 24.3 Å². The number of imide groups is 1. The molecule has 0 aliphatic carbocycles. The zero-order valence-corrected chi connectivity index (χ0v) is 14.0. The molecule has 25 heavy (non-hydrogen) atoms. The Morgan fingerprint density at radius 3 is 2.56 bits per heavy atom. The van der Waals surface area contributed by atoms with Gasteiger partial charge < -0.3 is 10.1 Å². The summed E-state index contributed by atoms with van der Waals surface area (Å²) in [7, 11) is 3.04. The number of hydrogen-bond acceptors (Lipinski definition) is 4. The molecule has 1 aliphatic heterocycles. The largest absolute Gasteiger partial charge is 0.496 e. The molecule has 1 aliphatic rings. The van der Waals surface area contributed by atoms with Crippen molar-refractivity contribution in [1.82, 2.24) is 10.2 Å². The fraction of sp³-hybridized carbons (Fsp3) is 0.211. The smallest absolute Gasteiger partial charge is 0.261 e. The van der Waals surface area contributed by atoms with Crippen molar-refractivity contribution in [2.24, 2.45) is 0 Å². The summed E-state index contributed by atoms with van der Waals surface area (Å²) in [5.74, 6) is -0.235. The molecule has 3 amide bonds. The van der Waals surface area contributed by atoms with Gasteiger partial charge in [0.05, 0.1) is 18.2 Å². The SMILES string of the molecule is COc1ccccc1CCNC(=O)c1ccc2c(c1)C(=O)N(C)C2=O. The van der Waals surface area contributed by atoms with Crippen LogP contribution in [-0.2, 0) is 6.42 Å². The summed E-state index contributed by atoms with van der Waals surface area (Å²) in [5.41, 5.74) is 1.96. The number of methoxy groups -OCH3 is 1. The second-order valence-electron chi connectivity index (χ2n) is 5.75. The van der Waals surface area contributed by atoms with Crippen molar-refractivity contribution >= 4 is 17.7 Å². The predicted molar refractivity (Wildman–Crippen MR) is 91.9 cm³/mol. The molecule has 0 saturated carbocycles. The van der Waals surface area contributed by atoms with Crippen molar-refractivity contribution in [3.05, 3.63) is 64.7 Å². The molecule has 0 bridgehead atoms. The van der Waals surface area contributed by atoms with Crippen LogP contribution in [0.2, 0.25) is 0 Å². The van der Waals surface area contributed by atoms with E-state index in [-0.39, 0.29) is 23.3 Å². The number of fused-ring (bicyclic) bond motifs is 1. The Hall–Kier alpha value is -3.15. The van der Waals surface area contributed by atoms with E-state index in [4.69, 9.17) is 4.74 Å². The number of rotatable bonds is 5. The molecule has 0 atom stereocenters. The van der Waals surface area contributed by atoms with Crippen LogP contribution in [0.3, 0.4) is 0 Å². The van der Waals surface area contributed by atoms with Gasteiger partial charge in [-0.1, -0.05) is 18.2 Å². The minimum Gasteiger partial charge on any atom is -0.496 e. The van der Waals surface area contributed by atoms with Gasteiger partial charge in [0, 0.05) is 19.2 Å². The maximum absolute atomic E-state index is 12.3. The molecule has 1 heterocycles. The number of ether oxygens (including phenoxy) is 1. The monoisotopic (exact) mass is 338 g/mol. The Morgan fingerprint density at radius 2 is 1.80 bits per heavy atom. The first-order chi connectivity index (χ1) is 12.0. The molecule has 0 spiro atoms. The number of hydrogen-bond donors (Lipinski definition) is 1. The quantitative estimate of drug-likeness (QED) is 0.845. The number of amides is 3. The van der Waals surface area contributed by atoms with Crippen molar-refractivity contribution in [3.63, 3.8) is 0 Å². The van der Waals surface area contributed by atoms with E-state index in [0.29, 0.717) is 24.1 Å². The second-order valence-corrected chi connectivity index (χ2v) is 5.75. The summed E-state index contributed by atoms with van der Waals surface area (Å²) < 4.78 is 5.28. The van der Waals surface area contributed by atoms with Crippen LogP contribution in [0.25, 0.3) is 0 Å². The van der Waals surface area contributed by atoms with Gasteiger partial charge in [0.15, 0.2) is 0 Å². The van der Waals surface area contributed by atoms with Gasteiger partial charge in [0.25, 0.3) is 17.7 Å². The van der Waals surface area contributed by atoms with Crippen LogP contribution in [0.1, 0.15) is 36.6 Å². The molecule has 0 fully saturated rings. The Morgan fingerprint density at radius 1 is 1.08 bits per heavy atom. The summed E-state index contributed by atoms with van der Waals surface area (Å²) in [4.78, 5) is 37.2. The first-order valence-electron chi connectivity index (χ1n) is 7.89. The van der Waals surface area contributed by atoms with Gasteiger partial charge in [-0.3, -0.25) is 19.3 Å². The van der Waals surface area contributed by atoms with E-state index in [2.05, 4.69) is 5.32 Å². The first kappa shape index (κ1) is 16.7. The predicted octanol–water partition coefficient (Wildman–Crippen LogP) is 1.89. The fourth-order valence-corrected chi connectivity index (χ4v) is 2.82. The van der Waals surface area contributed by atoms with E-state index in [1.54, 1.807) is 13.2 Å². The van der Waals surface area contributed by atoms with E-state index in [9.17, 15) is 14.4 Å². The number of carbonyl (C=O) groups is 3. The zero-order chi connectivity index (χ0) is 18.0. The third-order valence-electron chi connectivity index (χ3n) is 4.22. The number of nitrogens with one attached hydrogen (secondary N) is 1. The number of carbonyl (C=O) groups excluding carboxylic acids is 3.